The molecule has 0 aliphatic carbocycles. The number of nitrogens with one attached hydrogen (secondary N) is 1. The number of benzene rings is 1. The minimum atomic E-state index is -0.313. The molecular formula is C14H19N3O2S. The lowest BCUT2D eigenvalue weighted by Crippen LogP contribution is -2.39. The molecule has 0 radical (unpaired) electrons. The van der Waals surface area contributed by atoms with Crippen molar-refractivity contribution in [3.63, 3.8) is 0 Å². The Morgan fingerprint density at radius 3 is 2.70 bits per heavy atom. The first-order valence-corrected chi connectivity index (χ1v) is 7.39. The summed E-state index contributed by atoms with van der Waals surface area (Å²) >= 11 is 1.43. The first-order chi connectivity index (χ1) is 9.34. The Labute approximate surface area is 122 Å². The third-order valence-corrected chi connectivity index (χ3v) is 4.35. The van der Waals surface area contributed by atoms with Crippen LogP contribution in [0.1, 0.15) is 26.3 Å². The zero-order valence-electron chi connectivity index (χ0n) is 12.1. The summed E-state index contributed by atoms with van der Waals surface area (Å²) in [6.45, 7) is 6.38. The summed E-state index contributed by atoms with van der Waals surface area (Å²) in [5, 5.41) is 14.7. The van der Waals surface area contributed by atoms with Crippen LogP contribution in [0.4, 0.5) is 5.69 Å². The second-order valence-electron chi connectivity index (χ2n) is 5.94. The lowest BCUT2D eigenvalue weighted by molar-refractivity contribution is -0.384. The molecule has 0 aliphatic rings. The maximum atomic E-state index is 11.4. The maximum absolute atomic E-state index is 11.4. The van der Waals surface area contributed by atoms with Gasteiger partial charge in [0.2, 0.25) is 0 Å². The fraction of sp³-hybridized carbons (Fsp3) is 0.500. The number of hydrogen-bond acceptors (Lipinski definition) is 5. The van der Waals surface area contributed by atoms with Gasteiger partial charge in [-0.25, -0.2) is 4.98 Å². The number of likely N-dealkylation sites (N-methyl/N-ethyl adjacent to an activating group) is 1. The first-order valence-electron chi connectivity index (χ1n) is 6.51. The normalized spacial score (nSPS) is 13.6. The molecule has 0 spiro atoms. The van der Waals surface area contributed by atoms with Crippen molar-refractivity contribution >= 4 is 27.2 Å². The topological polar surface area (TPSA) is 68.1 Å². The number of nitrogens with zero attached hydrogens (tertiary/aromatic N) is 2. The zero-order chi connectivity index (χ0) is 14.9. The third kappa shape index (κ3) is 2.81. The molecule has 0 saturated carbocycles. The van der Waals surface area contributed by atoms with Crippen LogP contribution in [0.2, 0.25) is 0 Å². The Bertz CT molecular complexity index is 631. The molecular weight excluding hydrogens is 274 g/mol. The molecule has 5 nitrogen and oxygen atoms in total. The third-order valence-electron chi connectivity index (χ3n) is 3.56. The molecule has 20 heavy (non-hydrogen) atoms. The number of hydrogen-bond donors (Lipinski definition) is 1. The van der Waals surface area contributed by atoms with Crippen LogP contribution in [0.25, 0.3) is 10.2 Å². The summed E-state index contributed by atoms with van der Waals surface area (Å²) in [5.41, 5.74) is 3.07. The molecule has 0 saturated heterocycles. The van der Waals surface area contributed by atoms with Crippen molar-refractivity contribution in [3.05, 3.63) is 33.3 Å². The van der Waals surface area contributed by atoms with Gasteiger partial charge in [-0.15, -0.1) is 11.3 Å². The van der Waals surface area contributed by atoms with Crippen molar-refractivity contribution in [2.75, 3.05) is 7.05 Å². The second-order valence-corrected chi connectivity index (χ2v) is 6.83. The molecule has 6 heteroatoms. The van der Waals surface area contributed by atoms with E-state index in [1.54, 1.807) is 5.51 Å². The van der Waals surface area contributed by atoms with Gasteiger partial charge >= 0.3 is 0 Å². The SMILES string of the molecule is CNC(Cc1ccc2scnc2c1[N+](=O)[O-])C(C)(C)C. The second kappa shape index (κ2) is 5.46. The molecule has 1 aromatic heterocycles. The van der Waals surface area contributed by atoms with Crippen molar-refractivity contribution in [1.29, 1.82) is 0 Å². The number of nitro groups is 1. The van der Waals surface area contributed by atoms with Gasteiger partial charge in [-0.3, -0.25) is 10.1 Å². The number of nitro benzene ring substituents is 1. The van der Waals surface area contributed by atoms with Crippen LogP contribution in [0, 0.1) is 15.5 Å². The highest BCUT2D eigenvalue weighted by Gasteiger charge is 2.28. The molecule has 0 fully saturated rings. The van der Waals surface area contributed by atoms with Crippen molar-refractivity contribution in [2.24, 2.45) is 5.41 Å². The van der Waals surface area contributed by atoms with Crippen LogP contribution >= 0.6 is 11.3 Å². The van der Waals surface area contributed by atoms with E-state index in [4.69, 9.17) is 0 Å². The van der Waals surface area contributed by atoms with Crippen LogP contribution in [0.3, 0.4) is 0 Å². The smallest absolute Gasteiger partial charge is 0.299 e. The van der Waals surface area contributed by atoms with E-state index < -0.39 is 0 Å². The Morgan fingerprint density at radius 1 is 1.45 bits per heavy atom. The number of rotatable bonds is 4. The summed E-state index contributed by atoms with van der Waals surface area (Å²) in [7, 11) is 1.89. The standard InChI is InChI=1S/C14H19N3O2S/c1-14(2,3)11(15-4)7-9-5-6-10-12(16-8-20-10)13(9)17(18)19/h5-6,8,11,15H,7H2,1-4H3. The predicted octanol–water partition coefficient (Wildman–Crippen LogP) is 3.38. The van der Waals surface area contributed by atoms with Gasteiger partial charge in [0.1, 0.15) is 0 Å². The number of fused-ring (bicyclic) bond motifs is 1. The molecule has 1 N–H and O–H groups in total. The Morgan fingerprint density at radius 2 is 2.15 bits per heavy atom. The molecule has 108 valence electrons. The van der Waals surface area contributed by atoms with Crippen LogP contribution in [-0.2, 0) is 6.42 Å². The van der Waals surface area contributed by atoms with Gasteiger partial charge in [0.05, 0.1) is 15.1 Å². The molecule has 0 aliphatic heterocycles. The minimum Gasteiger partial charge on any atom is -0.316 e. The zero-order valence-corrected chi connectivity index (χ0v) is 13.0. The van der Waals surface area contributed by atoms with Crippen LogP contribution < -0.4 is 5.32 Å². The minimum absolute atomic E-state index is 0.0274. The lowest BCUT2D eigenvalue weighted by Gasteiger charge is -2.30. The van der Waals surface area contributed by atoms with Crippen molar-refractivity contribution in [1.82, 2.24) is 10.3 Å². The summed E-state index contributed by atoms with van der Waals surface area (Å²) in [6.07, 6.45) is 0.615. The maximum Gasteiger partial charge on any atom is 0.299 e. The van der Waals surface area contributed by atoms with Crippen LogP contribution in [0.5, 0.6) is 0 Å². The van der Waals surface area contributed by atoms with E-state index in [9.17, 15) is 10.1 Å². The molecule has 2 rings (SSSR count). The van der Waals surface area contributed by atoms with E-state index in [1.807, 2.05) is 19.2 Å². The molecule has 1 unspecified atom stereocenters. The van der Waals surface area contributed by atoms with Gasteiger partial charge in [0.25, 0.3) is 5.69 Å². The highest BCUT2D eigenvalue weighted by atomic mass is 32.1. The van der Waals surface area contributed by atoms with Gasteiger partial charge < -0.3 is 5.32 Å². The average molecular weight is 293 g/mol. The van der Waals surface area contributed by atoms with Gasteiger partial charge in [-0.2, -0.15) is 0 Å². The van der Waals surface area contributed by atoms with Gasteiger partial charge in [-0.1, -0.05) is 26.8 Å². The number of aromatic nitrogens is 1. The van der Waals surface area contributed by atoms with Crippen molar-refractivity contribution < 1.29 is 4.92 Å². The Hall–Kier alpha value is -1.53. The summed E-state index contributed by atoms with van der Waals surface area (Å²) in [4.78, 5) is 15.2. The quantitative estimate of drug-likeness (QED) is 0.693. The number of thiazole rings is 1. The van der Waals surface area contributed by atoms with Crippen molar-refractivity contribution in [3.8, 4) is 0 Å². The van der Waals surface area contributed by atoms with E-state index in [1.165, 1.54) is 11.3 Å². The molecule has 1 aromatic carbocycles. The molecule has 2 aromatic rings. The van der Waals surface area contributed by atoms with Crippen LogP contribution in [0.15, 0.2) is 17.6 Å². The highest BCUT2D eigenvalue weighted by molar-refractivity contribution is 7.16. The van der Waals surface area contributed by atoms with Crippen LogP contribution in [-0.4, -0.2) is 23.0 Å². The first kappa shape index (κ1) is 14.9. The summed E-state index contributed by atoms with van der Waals surface area (Å²) in [6, 6.07) is 3.94. The molecule has 1 atom stereocenters. The van der Waals surface area contributed by atoms with E-state index in [2.05, 4.69) is 31.1 Å². The van der Waals surface area contributed by atoms with E-state index >= 15 is 0 Å². The average Bonchev–Trinajstić information content (AvgIpc) is 2.81. The van der Waals surface area contributed by atoms with Gasteiger partial charge in [0.15, 0.2) is 5.52 Å². The largest absolute Gasteiger partial charge is 0.316 e. The van der Waals surface area contributed by atoms with Crippen molar-refractivity contribution in [2.45, 2.75) is 33.2 Å². The fourth-order valence-electron chi connectivity index (χ4n) is 2.39. The monoisotopic (exact) mass is 293 g/mol. The van der Waals surface area contributed by atoms with Gasteiger partial charge in [-0.05, 0) is 24.9 Å². The summed E-state index contributed by atoms with van der Waals surface area (Å²) < 4.78 is 0.859. The molecule has 0 amide bonds. The Balaban J connectivity index is 2.48. The Kier molecular flexibility index (Phi) is 4.06. The van der Waals surface area contributed by atoms with E-state index in [-0.39, 0.29) is 22.1 Å². The van der Waals surface area contributed by atoms with Gasteiger partial charge in [0, 0.05) is 11.6 Å². The van der Waals surface area contributed by atoms with E-state index in [0.29, 0.717) is 11.9 Å². The highest BCUT2D eigenvalue weighted by Crippen LogP contribution is 2.33. The molecule has 1 heterocycles. The van der Waals surface area contributed by atoms with E-state index in [0.717, 1.165) is 10.3 Å². The lowest BCUT2D eigenvalue weighted by atomic mass is 9.83. The predicted molar refractivity (Wildman–Crippen MR) is 82.3 cm³/mol. The molecule has 0 bridgehead atoms. The summed E-state index contributed by atoms with van der Waals surface area (Å²) in [5.74, 6) is 0. The fourth-order valence-corrected chi connectivity index (χ4v) is 3.07.